The van der Waals surface area contributed by atoms with E-state index in [4.69, 9.17) is 14.0 Å². The minimum atomic E-state index is -0.498. The summed E-state index contributed by atoms with van der Waals surface area (Å²) >= 11 is 0. The van der Waals surface area contributed by atoms with E-state index in [-0.39, 0.29) is 29.7 Å². The molecule has 2 heterocycles. The van der Waals surface area contributed by atoms with Crippen LogP contribution in [0.4, 0.5) is 5.82 Å². The number of ether oxygens (including phenoxy) is 2. The number of rotatable bonds is 4. The van der Waals surface area contributed by atoms with Crippen LogP contribution in [0, 0.1) is 30.6 Å². The van der Waals surface area contributed by atoms with Crippen molar-refractivity contribution in [1.29, 1.82) is 0 Å². The highest BCUT2D eigenvalue weighted by molar-refractivity contribution is 5.92. The highest BCUT2D eigenvalue weighted by Gasteiger charge is 2.64. The lowest BCUT2D eigenvalue weighted by Crippen LogP contribution is -2.35. The number of carbonyl (C=O) groups excluding carboxylic acids is 3. The maximum Gasteiger partial charge on any atom is 0.310 e. The molecule has 1 saturated heterocycles. The molecule has 0 unspecified atom stereocenters. The van der Waals surface area contributed by atoms with Gasteiger partial charge in [-0.25, -0.2) is 0 Å². The Morgan fingerprint density at radius 3 is 3.00 bits per heavy atom. The molecule has 1 amide bonds. The SMILES string of the molecule is Cc1cc(NC(=O)COC(=O)[C@@H]2[C@@H]3C[C@@H]4[C@@H]2C(=O)O[C@@H]4C3)no1. The lowest BCUT2D eigenvalue weighted by atomic mass is 9.80. The Hall–Kier alpha value is -2.38. The third kappa shape index (κ3) is 2.29. The van der Waals surface area contributed by atoms with Gasteiger partial charge >= 0.3 is 11.9 Å². The topological polar surface area (TPSA) is 108 Å². The Morgan fingerprint density at radius 2 is 2.26 bits per heavy atom. The van der Waals surface area contributed by atoms with Crippen LogP contribution in [0.2, 0.25) is 0 Å². The van der Waals surface area contributed by atoms with Crippen molar-refractivity contribution in [3.63, 3.8) is 0 Å². The van der Waals surface area contributed by atoms with Crippen molar-refractivity contribution < 1.29 is 28.4 Å². The molecule has 3 aliphatic rings. The zero-order chi connectivity index (χ0) is 16.1. The minimum absolute atomic E-state index is 0.0275. The summed E-state index contributed by atoms with van der Waals surface area (Å²) in [5.41, 5.74) is 0. The van der Waals surface area contributed by atoms with Gasteiger partial charge in [-0.05, 0) is 25.7 Å². The quantitative estimate of drug-likeness (QED) is 0.812. The average molecular weight is 320 g/mol. The highest BCUT2D eigenvalue weighted by Crippen LogP contribution is 2.57. The molecule has 0 radical (unpaired) electrons. The van der Waals surface area contributed by atoms with Gasteiger partial charge in [-0.3, -0.25) is 14.4 Å². The van der Waals surface area contributed by atoms with Gasteiger partial charge in [0, 0.05) is 12.0 Å². The van der Waals surface area contributed by atoms with Gasteiger partial charge in [0.05, 0.1) is 11.8 Å². The molecule has 3 fully saturated rings. The summed E-state index contributed by atoms with van der Waals surface area (Å²) < 4.78 is 15.2. The molecule has 5 atom stereocenters. The second-order valence-corrected chi connectivity index (χ2v) is 6.40. The van der Waals surface area contributed by atoms with Crippen molar-refractivity contribution >= 4 is 23.7 Å². The third-order valence-electron chi connectivity index (χ3n) is 5.00. The normalized spacial score (nSPS) is 33.6. The highest BCUT2D eigenvalue weighted by atomic mass is 16.6. The van der Waals surface area contributed by atoms with E-state index < -0.39 is 30.3 Å². The molecule has 1 N–H and O–H groups in total. The number of amides is 1. The number of fused-ring (bicyclic) bond motifs is 1. The number of nitrogens with one attached hydrogen (secondary N) is 1. The van der Waals surface area contributed by atoms with Gasteiger partial charge in [0.25, 0.3) is 5.91 Å². The van der Waals surface area contributed by atoms with Crippen molar-refractivity contribution in [2.75, 3.05) is 11.9 Å². The van der Waals surface area contributed by atoms with E-state index in [9.17, 15) is 14.4 Å². The molecular weight excluding hydrogens is 304 g/mol. The summed E-state index contributed by atoms with van der Waals surface area (Å²) in [7, 11) is 0. The van der Waals surface area contributed by atoms with Gasteiger partial charge in [-0.15, -0.1) is 0 Å². The van der Waals surface area contributed by atoms with Gasteiger partial charge in [0.1, 0.15) is 11.9 Å². The van der Waals surface area contributed by atoms with Gasteiger partial charge < -0.3 is 19.3 Å². The van der Waals surface area contributed by atoms with Crippen LogP contribution in [0.25, 0.3) is 0 Å². The molecule has 2 aliphatic carbocycles. The van der Waals surface area contributed by atoms with Gasteiger partial charge in [-0.2, -0.15) is 0 Å². The molecule has 8 nitrogen and oxygen atoms in total. The molecule has 1 aliphatic heterocycles. The first-order valence-corrected chi connectivity index (χ1v) is 7.63. The Bertz CT molecular complexity index is 681. The minimum Gasteiger partial charge on any atom is -0.462 e. The van der Waals surface area contributed by atoms with Crippen LogP contribution in [0.15, 0.2) is 10.6 Å². The fourth-order valence-corrected chi connectivity index (χ4v) is 4.16. The van der Waals surface area contributed by atoms with E-state index in [1.54, 1.807) is 13.0 Å². The van der Waals surface area contributed by atoms with Crippen molar-refractivity contribution in [1.82, 2.24) is 5.16 Å². The van der Waals surface area contributed by atoms with Crippen molar-refractivity contribution in [2.24, 2.45) is 23.7 Å². The first-order valence-electron chi connectivity index (χ1n) is 7.63. The van der Waals surface area contributed by atoms with Crippen molar-refractivity contribution in [3.8, 4) is 0 Å². The molecule has 1 aromatic rings. The van der Waals surface area contributed by atoms with E-state index in [0.717, 1.165) is 12.8 Å². The van der Waals surface area contributed by atoms with E-state index in [1.807, 2.05) is 0 Å². The summed E-state index contributed by atoms with van der Waals surface area (Å²) in [6, 6.07) is 1.56. The number of nitrogens with zero attached hydrogens (tertiary/aromatic N) is 1. The average Bonchev–Trinajstić information content (AvgIpc) is 3.20. The molecule has 1 aromatic heterocycles. The molecule has 23 heavy (non-hydrogen) atoms. The summed E-state index contributed by atoms with van der Waals surface area (Å²) in [6.07, 6.45) is 1.52. The second kappa shape index (κ2) is 5.07. The number of esters is 2. The zero-order valence-electron chi connectivity index (χ0n) is 12.5. The number of hydrogen-bond acceptors (Lipinski definition) is 7. The number of hydrogen-bond donors (Lipinski definition) is 1. The Kier molecular flexibility index (Phi) is 3.14. The maximum absolute atomic E-state index is 12.3. The van der Waals surface area contributed by atoms with Crippen LogP contribution < -0.4 is 5.32 Å². The van der Waals surface area contributed by atoms with E-state index in [0.29, 0.717) is 5.76 Å². The van der Waals surface area contributed by atoms with Crippen molar-refractivity contribution in [2.45, 2.75) is 25.9 Å². The predicted octanol–water partition coefficient (Wildman–Crippen LogP) is 0.662. The lowest BCUT2D eigenvalue weighted by molar-refractivity contribution is -0.157. The van der Waals surface area contributed by atoms with Crippen LogP contribution in [0.3, 0.4) is 0 Å². The zero-order valence-corrected chi connectivity index (χ0v) is 12.5. The standard InChI is InChI=1S/C15H16N2O6/c1-6-2-10(17-23-6)16-11(18)5-21-14(19)12-7-3-8-9(4-7)22-15(20)13(8)12/h2,7-9,12-13H,3-5H2,1H3,(H,16,17,18)/t7-,8+,9-,12-,13+/m1/s1. The summed E-state index contributed by atoms with van der Waals surface area (Å²) in [5, 5.41) is 6.10. The lowest BCUT2D eigenvalue weighted by Gasteiger charge is -2.22. The fourth-order valence-electron chi connectivity index (χ4n) is 4.16. The van der Waals surface area contributed by atoms with Gasteiger partial charge in [0.2, 0.25) is 0 Å². The molecule has 2 saturated carbocycles. The first kappa shape index (κ1) is 14.2. The molecule has 2 bridgehead atoms. The molecule has 8 heteroatoms. The largest absolute Gasteiger partial charge is 0.462 e. The van der Waals surface area contributed by atoms with E-state index in [1.165, 1.54) is 0 Å². The van der Waals surface area contributed by atoms with Crippen LogP contribution in [-0.4, -0.2) is 35.7 Å². The van der Waals surface area contributed by atoms with Crippen LogP contribution in [0.1, 0.15) is 18.6 Å². The Balaban J connectivity index is 1.34. The van der Waals surface area contributed by atoms with Crippen LogP contribution >= 0.6 is 0 Å². The Morgan fingerprint density at radius 1 is 1.43 bits per heavy atom. The van der Waals surface area contributed by atoms with Gasteiger partial charge in [-0.1, -0.05) is 5.16 Å². The summed E-state index contributed by atoms with van der Waals surface area (Å²) in [4.78, 5) is 35.9. The molecule has 0 spiro atoms. The van der Waals surface area contributed by atoms with E-state index >= 15 is 0 Å². The maximum atomic E-state index is 12.3. The fraction of sp³-hybridized carbons (Fsp3) is 0.600. The number of anilines is 1. The molecule has 0 aromatic carbocycles. The third-order valence-corrected chi connectivity index (χ3v) is 5.00. The smallest absolute Gasteiger partial charge is 0.310 e. The van der Waals surface area contributed by atoms with Crippen LogP contribution in [-0.2, 0) is 23.9 Å². The van der Waals surface area contributed by atoms with Crippen molar-refractivity contribution in [3.05, 3.63) is 11.8 Å². The number of aromatic nitrogens is 1. The summed E-state index contributed by atoms with van der Waals surface area (Å²) in [6.45, 7) is 1.29. The molecule has 4 rings (SSSR count). The number of aryl methyl sites for hydroxylation is 1. The van der Waals surface area contributed by atoms with Crippen LogP contribution in [0.5, 0.6) is 0 Å². The second-order valence-electron chi connectivity index (χ2n) is 6.40. The number of carbonyl (C=O) groups is 3. The summed E-state index contributed by atoms with van der Waals surface area (Å²) in [5.74, 6) is -1.08. The molecular formula is C15H16N2O6. The van der Waals surface area contributed by atoms with Gasteiger partial charge in [0.15, 0.2) is 12.4 Å². The Labute approximate surface area is 131 Å². The monoisotopic (exact) mass is 320 g/mol. The van der Waals surface area contributed by atoms with E-state index in [2.05, 4.69) is 10.5 Å². The molecule has 122 valence electrons. The predicted molar refractivity (Wildman–Crippen MR) is 73.9 cm³/mol. The first-order chi connectivity index (χ1) is 11.0.